The van der Waals surface area contributed by atoms with Crippen LogP contribution in [0.15, 0.2) is 18.2 Å². The van der Waals surface area contributed by atoms with Gasteiger partial charge in [0.2, 0.25) is 0 Å². The lowest BCUT2D eigenvalue weighted by molar-refractivity contribution is -0.137. The molecule has 0 atom stereocenters. The molecule has 0 saturated heterocycles. The molecule has 1 radical (unpaired) electrons. The first-order valence-electron chi connectivity index (χ1n) is 3.87. The number of hydrogen-bond donors (Lipinski definition) is 1. The fourth-order valence-corrected chi connectivity index (χ4v) is 1.04. The molecule has 0 heterocycles. The van der Waals surface area contributed by atoms with Crippen LogP contribution in [0.4, 0.5) is 18.9 Å². The van der Waals surface area contributed by atoms with Crippen molar-refractivity contribution in [1.82, 2.24) is 0 Å². The van der Waals surface area contributed by atoms with Crippen molar-refractivity contribution in [3.63, 3.8) is 0 Å². The van der Waals surface area contributed by atoms with Crippen LogP contribution in [0, 0.1) is 0 Å². The molecule has 0 aliphatic carbocycles. The predicted octanol–water partition coefficient (Wildman–Crippen LogP) is 2.19. The van der Waals surface area contributed by atoms with Gasteiger partial charge in [-0.25, -0.2) is 0 Å². The summed E-state index contributed by atoms with van der Waals surface area (Å²) >= 11 is 0. The Kier molecular flexibility index (Phi) is 3.18. The Labute approximate surface area is 83.8 Å². The van der Waals surface area contributed by atoms with Gasteiger partial charge in [-0.2, -0.15) is 13.2 Å². The molecule has 1 aromatic carbocycles. The maximum atomic E-state index is 12.3. The number of rotatable bonds is 3. The van der Waals surface area contributed by atoms with Gasteiger partial charge >= 0.3 is 12.6 Å². The molecule has 1 aromatic rings. The Balaban J connectivity index is 3.15. The molecule has 0 aromatic heterocycles. The quantitative estimate of drug-likeness (QED) is 0.790. The molecule has 0 aliphatic heterocycles. The Hall–Kier alpha value is -1.72. The standard InChI is InChI=1S/C9H7F3NO2/c1-15-8-3-2-6(9(10,11)12)4-7(8)13-5-14/h2-4H,1H3,(H,13,14). The van der Waals surface area contributed by atoms with Gasteiger partial charge in [0.25, 0.3) is 0 Å². The zero-order valence-electron chi connectivity index (χ0n) is 7.68. The van der Waals surface area contributed by atoms with Gasteiger partial charge in [-0.15, -0.1) is 0 Å². The maximum Gasteiger partial charge on any atom is 0.416 e. The third kappa shape index (κ3) is 2.61. The number of anilines is 1. The van der Waals surface area contributed by atoms with E-state index < -0.39 is 11.7 Å². The van der Waals surface area contributed by atoms with Gasteiger partial charge in [-0.1, -0.05) is 0 Å². The zero-order chi connectivity index (χ0) is 11.5. The highest BCUT2D eigenvalue weighted by molar-refractivity contribution is 5.76. The van der Waals surface area contributed by atoms with E-state index >= 15 is 0 Å². The lowest BCUT2D eigenvalue weighted by Crippen LogP contribution is -2.06. The minimum Gasteiger partial charge on any atom is -0.495 e. The highest BCUT2D eigenvalue weighted by atomic mass is 19.4. The van der Waals surface area contributed by atoms with Gasteiger partial charge in [-0.3, -0.25) is 4.79 Å². The minimum absolute atomic E-state index is 0.0673. The third-order valence-corrected chi connectivity index (χ3v) is 1.71. The molecule has 1 amide bonds. The topological polar surface area (TPSA) is 38.3 Å². The van der Waals surface area contributed by atoms with E-state index in [-0.39, 0.29) is 11.4 Å². The summed E-state index contributed by atoms with van der Waals surface area (Å²) in [7, 11) is 1.29. The second-order valence-electron chi connectivity index (χ2n) is 2.64. The van der Waals surface area contributed by atoms with E-state index in [0.29, 0.717) is 0 Å². The Morgan fingerprint density at radius 3 is 2.53 bits per heavy atom. The summed E-state index contributed by atoms with van der Waals surface area (Å²) in [6, 6.07) is 2.78. The van der Waals surface area contributed by atoms with Crippen molar-refractivity contribution in [2.24, 2.45) is 0 Å². The van der Waals surface area contributed by atoms with Crippen molar-refractivity contribution in [1.29, 1.82) is 0 Å². The van der Waals surface area contributed by atoms with E-state index in [4.69, 9.17) is 4.74 Å². The van der Waals surface area contributed by atoms with Gasteiger partial charge in [-0.05, 0) is 18.2 Å². The molecule has 81 valence electrons. The van der Waals surface area contributed by atoms with Gasteiger partial charge in [0, 0.05) is 0 Å². The van der Waals surface area contributed by atoms with Gasteiger partial charge in [0.05, 0.1) is 18.4 Å². The average Bonchev–Trinajstić information content (AvgIpc) is 2.17. The number of hydrogen-bond acceptors (Lipinski definition) is 2. The molecular formula is C9H7F3NO2. The van der Waals surface area contributed by atoms with Crippen LogP contribution in [0.2, 0.25) is 0 Å². The van der Waals surface area contributed by atoms with Crippen molar-refractivity contribution in [2.45, 2.75) is 6.18 Å². The summed E-state index contributed by atoms with van der Waals surface area (Å²) in [4.78, 5) is 10.0. The average molecular weight is 218 g/mol. The number of nitrogens with one attached hydrogen (secondary N) is 1. The van der Waals surface area contributed by atoms with Crippen LogP contribution in [0.25, 0.3) is 0 Å². The third-order valence-electron chi connectivity index (χ3n) is 1.71. The number of ether oxygens (including phenoxy) is 1. The van der Waals surface area contributed by atoms with Gasteiger partial charge < -0.3 is 10.1 Å². The van der Waals surface area contributed by atoms with E-state index in [1.54, 1.807) is 0 Å². The molecule has 3 nitrogen and oxygen atoms in total. The molecular weight excluding hydrogens is 211 g/mol. The Bertz CT molecular complexity index is 363. The fraction of sp³-hybridized carbons (Fsp3) is 0.222. The highest BCUT2D eigenvalue weighted by Gasteiger charge is 2.31. The minimum atomic E-state index is -4.45. The Morgan fingerprint density at radius 1 is 1.40 bits per heavy atom. The first-order chi connectivity index (χ1) is 6.99. The highest BCUT2D eigenvalue weighted by Crippen LogP contribution is 2.34. The lowest BCUT2D eigenvalue weighted by Gasteiger charge is -2.11. The monoisotopic (exact) mass is 218 g/mol. The van der Waals surface area contributed by atoms with Crippen LogP contribution in [0.1, 0.15) is 5.56 Å². The van der Waals surface area contributed by atoms with Crippen LogP contribution in [0.3, 0.4) is 0 Å². The summed E-state index contributed by atoms with van der Waals surface area (Å²) in [6.45, 7) is 0. The van der Waals surface area contributed by atoms with E-state index in [1.165, 1.54) is 13.5 Å². The molecule has 1 N–H and O–H groups in total. The zero-order valence-corrected chi connectivity index (χ0v) is 7.68. The summed E-state index contributed by atoms with van der Waals surface area (Å²) in [5, 5.41) is 2.01. The largest absolute Gasteiger partial charge is 0.495 e. The first-order valence-corrected chi connectivity index (χ1v) is 3.87. The van der Waals surface area contributed by atoms with E-state index in [0.717, 1.165) is 18.2 Å². The van der Waals surface area contributed by atoms with Crippen LogP contribution in [-0.4, -0.2) is 13.5 Å². The summed E-state index contributed by atoms with van der Waals surface area (Å²) < 4.78 is 41.6. The summed E-state index contributed by atoms with van der Waals surface area (Å²) in [5.74, 6) is 0.145. The number of amides is 1. The van der Waals surface area contributed by atoms with Crippen LogP contribution >= 0.6 is 0 Å². The Morgan fingerprint density at radius 2 is 2.07 bits per heavy atom. The molecule has 0 bridgehead atoms. The predicted molar refractivity (Wildman–Crippen MR) is 47.3 cm³/mol. The van der Waals surface area contributed by atoms with Crippen molar-refractivity contribution in [2.75, 3.05) is 12.4 Å². The maximum absolute atomic E-state index is 12.3. The van der Waals surface area contributed by atoms with E-state index in [2.05, 4.69) is 0 Å². The van der Waals surface area contributed by atoms with Crippen molar-refractivity contribution in [3.8, 4) is 5.75 Å². The molecule has 0 saturated carbocycles. The number of benzene rings is 1. The van der Waals surface area contributed by atoms with Crippen LogP contribution in [0.5, 0.6) is 5.75 Å². The molecule has 0 spiro atoms. The number of carbonyl (C=O) groups excluding carboxylic acids is 1. The van der Waals surface area contributed by atoms with Gasteiger partial charge in [0.1, 0.15) is 5.75 Å². The molecule has 6 heteroatoms. The smallest absolute Gasteiger partial charge is 0.416 e. The summed E-state index contributed by atoms with van der Waals surface area (Å²) in [5.41, 5.74) is -0.927. The molecule has 1 rings (SSSR count). The summed E-state index contributed by atoms with van der Waals surface area (Å²) in [6.07, 6.45) is -3.16. The molecule has 0 fully saturated rings. The fourth-order valence-electron chi connectivity index (χ4n) is 1.04. The van der Waals surface area contributed by atoms with Crippen molar-refractivity contribution < 1.29 is 22.7 Å². The van der Waals surface area contributed by atoms with E-state index in [1.807, 2.05) is 5.32 Å². The number of halogens is 3. The first kappa shape index (κ1) is 11.4. The second kappa shape index (κ2) is 4.20. The SMILES string of the molecule is COc1ccc(C(F)(F)F)cc1N[C]=O. The van der Waals surface area contributed by atoms with Gasteiger partial charge in [0.15, 0.2) is 0 Å². The lowest BCUT2D eigenvalue weighted by atomic mass is 10.2. The molecule has 0 aliphatic rings. The van der Waals surface area contributed by atoms with Crippen molar-refractivity contribution in [3.05, 3.63) is 23.8 Å². The molecule has 0 unspecified atom stereocenters. The van der Waals surface area contributed by atoms with Crippen LogP contribution in [-0.2, 0) is 11.0 Å². The number of alkyl halides is 3. The number of methoxy groups -OCH3 is 1. The van der Waals surface area contributed by atoms with Crippen molar-refractivity contribution >= 4 is 12.1 Å². The normalized spacial score (nSPS) is 10.9. The molecule has 15 heavy (non-hydrogen) atoms. The van der Waals surface area contributed by atoms with E-state index in [9.17, 15) is 18.0 Å². The second-order valence-corrected chi connectivity index (χ2v) is 2.64. The van der Waals surface area contributed by atoms with Crippen LogP contribution < -0.4 is 10.1 Å².